The molecule has 2 atom stereocenters. The zero-order chi connectivity index (χ0) is 15.0. The molecule has 3 N–H and O–H groups in total. The lowest BCUT2D eigenvalue weighted by Crippen LogP contribution is -2.45. The van der Waals surface area contributed by atoms with Crippen molar-refractivity contribution >= 4 is 11.6 Å². The van der Waals surface area contributed by atoms with Crippen LogP contribution in [0.25, 0.3) is 0 Å². The van der Waals surface area contributed by atoms with Gasteiger partial charge < -0.3 is 20.5 Å². The van der Waals surface area contributed by atoms with Gasteiger partial charge in [-0.25, -0.2) is 0 Å². The molecule has 1 amide bonds. The van der Waals surface area contributed by atoms with Gasteiger partial charge in [0.1, 0.15) is 5.75 Å². The molecule has 0 radical (unpaired) electrons. The second-order valence-corrected chi connectivity index (χ2v) is 6.32. The summed E-state index contributed by atoms with van der Waals surface area (Å²) < 4.78 is 5.70. The molecule has 1 aromatic carbocycles. The van der Waals surface area contributed by atoms with Gasteiger partial charge in [0.15, 0.2) is 5.60 Å². The van der Waals surface area contributed by atoms with E-state index in [4.69, 9.17) is 4.74 Å². The second kappa shape index (κ2) is 5.31. The maximum absolute atomic E-state index is 12.0. The number of hydrogen-bond donors (Lipinski definition) is 3. The maximum Gasteiger partial charge on any atom is 0.268 e. The quantitative estimate of drug-likeness (QED) is 0.779. The van der Waals surface area contributed by atoms with Crippen molar-refractivity contribution < 1.29 is 14.6 Å². The SMILES string of the molecule is CC1(C)Oc2ccc(C(O)C3CCCCN3)cc2NC1=O. The van der Waals surface area contributed by atoms with Crippen LogP contribution in [-0.4, -0.2) is 29.2 Å². The molecular weight excluding hydrogens is 268 g/mol. The summed E-state index contributed by atoms with van der Waals surface area (Å²) in [5, 5.41) is 16.7. The number of aliphatic hydroxyl groups excluding tert-OH is 1. The molecule has 0 aliphatic carbocycles. The van der Waals surface area contributed by atoms with Crippen LogP contribution in [0.4, 0.5) is 5.69 Å². The fourth-order valence-electron chi connectivity index (χ4n) is 2.89. The van der Waals surface area contributed by atoms with E-state index < -0.39 is 11.7 Å². The third-order valence-electron chi connectivity index (χ3n) is 4.23. The van der Waals surface area contributed by atoms with Crippen LogP contribution in [0.1, 0.15) is 44.8 Å². The summed E-state index contributed by atoms with van der Waals surface area (Å²) in [6.45, 7) is 4.42. The number of rotatable bonds is 2. The topological polar surface area (TPSA) is 70.6 Å². The lowest BCUT2D eigenvalue weighted by molar-refractivity contribution is -0.129. The van der Waals surface area contributed by atoms with Crippen molar-refractivity contribution in [3.63, 3.8) is 0 Å². The molecular formula is C16H22N2O3. The monoisotopic (exact) mass is 290 g/mol. The van der Waals surface area contributed by atoms with Crippen LogP contribution in [0, 0.1) is 0 Å². The van der Waals surface area contributed by atoms with Crippen LogP contribution in [0.2, 0.25) is 0 Å². The molecule has 2 unspecified atom stereocenters. The summed E-state index contributed by atoms with van der Waals surface area (Å²) in [7, 11) is 0. The molecule has 21 heavy (non-hydrogen) atoms. The van der Waals surface area contributed by atoms with Gasteiger partial charge in [-0.1, -0.05) is 12.5 Å². The third kappa shape index (κ3) is 2.76. The van der Waals surface area contributed by atoms with Gasteiger partial charge >= 0.3 is 0 Å². The average Bonchev–Trinajstić information content (AvgIpc) is 2.48. The van der Waals surface area contributed by atoms with Gasteiger partial charge in [-0.05, 0) is 50.9 Å². The van der Waals surface area contributed by atoms with Crippen molar-refractivity contribution in [2.24, 2.45) is 0 Å². The van der Waals surface area contributed by atoms with E-state index in [0.717, 1.165) is 31.4 Å². The van der Waals surface area contributed by atoms with Crippen LogP contribution in [0.5, 0.6) is 5.75 Å². The number of amides is 1. The van der Waals surface area contributed by atoms with E-state index in [0.29, 0.717) is 11.4 Å². The van der Waals surface area contributed by atoms with Crippen molar-refractivity contribution in [2.45, 2.75) is 50.9 Å². The van der Waals surface area contributed by atoms with E-state index >= 15 is 0 Å². The predicted octanol–water partition coefficient (Wildman–Crippen LogP) is 1.97. The van der Waals surface area contributed by atoms with Gasteiger partial charge in [-0.15, -0.1) is 0 Å². The Hall–Kier alpha value is -1.59. The molecule has 0 aromatic heterocycles. The van der Waals surface area contributed by atoms with Crippen molar-refractivity contribution in [3.8, 4) is 5.75 Å². The highest BCUT2D eigenvalue weighted by molar-refractivity contribution is 6.00. The molecule has 0 saturated carbocycles. The summed E-state index contributed by atoms with van der Waals surface area (Å²) >= 11 is 0. The van der Waals surface area contributed by atoms with E-state index in [1.54, 1.807) is 13.8 Å². The first-order chi connectivity index (χ1) is 9.97. The largest absolute Gasteiger partial charge is 0.476 e. The van der Waals surface area contributed by atoms with Gasteiger partial charge in [-0.3, -0.25) is 4.79 Å². The number of anilines is 1. The van der Waals surface area contributed by atoms with E-state index in [1.165, 1.54) is 0 Å². The van der Waals surface area contributed by atoms with Gasteiger partial charge in [-0.2, -0.15) is 0 Å². The summed E-state index contributed by atoms with van der Waals surface area (Å²) in [5.41, 5.74) is 0.571. The zero-order valence-electron chi connectivity index (χ0n) is 12.5. The Morgan fingerprint density at radius 3 is 2.90 bits per heavy atom. The highest BCUT2D eigenvalue weighted by atomic mass is 16.5. The number of ether oxygens (including phenoxy) is 1. The van der Waals surface area contributed by atoms with E-state index in [2.05, 4.69) is 10.6 Å². The first-order valence-electron chi connectivity index (χ1n) is 7.53. The molecule has 1 saturated heterocycles. The van der Waals surface area contributed by atoms with Crippen LogP contribution in [0.15, 0.2) is 18.2 Å². The Balaban J connectivity index is 1.83. The molecule has 5 nitrogen and oxygen atoms in total. The molecule has 5 heteroatoms. The maximum atomic E-state index is 12.0. The highest BCUT2D eigenvalue weighted by Crippen LogP contribution is 2.36. The van der Waals surface area contributed by atoms with Gasteiger partial charge in [0.2, 0.25) is 0 Å². The summed E-state index contributed by atoms with van der Waals surface area (Å²) in [6.07, 6.45) is 2.69. The number of aliphatic hydroxyl groups is 1. The number of hydrogen-bond acceptors (Lipinski definition) is 4. The number of piperidine rings is 1. The number of carbonyl (C=O) groups is 1. The number of nitrogens with one attached hydrogen (secondary N) is 2. The van der Waals surface area contributed by atoms with Gasteiger partial charge in [0.25, 0.3) is 5.91 Å². The van der Waals surface area contributed by atoms with Crippen LogP contribution >= 0.6 is 0 Å². The highest BCUT2D eigenvalue weighted by Gasteiger charge is 2.35. The molecule has 2 heterocycles. The Morgan fingerprint density at radius 2 is 2.19 bits per heavy atom. The van der Waals surface area contributed by atoms with E-state index in [9.17, 15) is 9.90 Å². The van der Waals surface area contributed by atoms with E-state index in [-0.39, 0.29) is 11.9 Å². The molecule has 3 rings (SSSR count). The summed E-state index contributed by atoms with van der Waals surface area (Å²) in [6, 6.07) is 5.57. The minimum absolute atomic E-state index is 0.0773. The van der Waals surface area contributed by atoms with Crippen molar-refractivity contribution in [3.05, 3.63) is 23.8 Å². The molecule has 0 bridgehead atoms. The minimum Gasteiger partial charge on any atom is -0.476 e. The first-order valence-corrected chi connectivity index (χ1v) is 7.53. The van der Waals surface area contributed by atoms with E-state index in [1.807, 2.05) is 18.2 Å². The second-order valence-electron chi connectivity index (χ2n) is 6.32. The normalized spacial score (nSPS) is 25.5. The Kier molecular flexibility index (Phi) is 3.63. The predicted molar refractivity (Wildman–Crippen MR) is 80.4 cm³/mol. The molecule has 2 aliphatic rings. The van der Waals surface area contributed by atoms with Gasteiger partial charge in [0.05, 0.1) is 11.8 Å². The molecule has 1 fully saturated rings. The Labute approximate surface area is 124 Å². The van der Waals surface area contributed by atoms with Crippen LogP contribution < -0.4 is 15.4 Å². The Morgan fingerprint density at radius 1 is 1.38 bits per heavy atom. The third-order valence-corrected chi connectivity index (χ3v) is 4.23. The standard InChI is InChI=1S/C16H22N2O3/c1-16(2)15(20)18-12-9-10(6-7-13(12)21-16)14(19)11-5-3-4-8-17-11/h6-7,9,11,14,17,19H,3-5,8H2,1-2H3,(H,18,20). The smallest absolute Gasteiger partial charge is 0.268 e. The molecule has 2 aliphatic heterocycles. The zero-order valence-corrected chi connectivity index (χ0v) is 12.5. The average molecular weight is 290 g/mol. The summed E-state index contributed by atoms with van der Waals surface area (Å²) in [5.74, 6) is 0.476. The summed E-state index contributed by atoms with van der Waals surface area (Å²) in [4.78, 5) is 12.0. The van der Waals surface area contributed by atoms with Crippen LogP contribution in [0.3, 0.4) is 0 Å². The Bertz CT molecular complexity index is 550. The number of benzene rings is 1. The van der Waals surface area contributed by atoms with Crippen molar-refractivity contribution in [1.82, 2.24) is 5.32 Å². The molecule has 114 valence electrons. The minimum atomic E-state index is -0.863. The van der Waals surface area contributed by atoms with Crippen molar-refractivity contribution in [1.29, 1.82) is 0 Å². The molecule has 0 spiro atoms. The van der Waals surface area contributed by atoms with Crippen molar-refractivity contribution in [2.75, 3.05) is 11.9 Å². The molecule has 1 aromatic rings. The first kappa shape index (κ1) is 14.4. The lowest BCUT2D eigenvalue weighted by atomic mass is 9.94. The van der Waals surface area contributed by atoms with Gasteiger partial charge in [0, 0.05) is 6.04 Å². The lowest BCUT2D eigenvalue weighted by Gasteiger charge is -2.33. The van der Waals surface area contributed by atoms with Crippen LogP contribution in [-0.2, 0) is 4.79 Å². The number of carbonyl (C=O) groups excluding carboxylic acids is 1. The fourth-order valence-corrected chi connectivity index (χ4v) is 2.89. The fraction of sp³-hybridized carbons (Fsp3) is 0.562. The number of fused-ring (bicyclic) bond motifs is 1.